The molecule has 0 aliphatic carbocycles. The highest BCUT2D eigenvalue weighted by Gasteiger charge is 2.14. The number of rotatable bonds is 30. The Bertz CT molecular complexity index is 2300. The van der Waals surface area contributed by atoms with Crippen LogP contribution < -0.4 is 0 Å². The molecule has 0 unspecified atom stereocenters. The van der Waals surface area contributed by atoms with E-state index in [0.29, 0.717) is 106 Å². The molecule has 0 amide bonds. The van der Waals surface area contributed by atoms with Crippen molar-refractivity contribution in [3.05, 3.63) is 96.1 Å². The second kappa shape index (κ2) is 58.9. The zero-order valence-corrected chi connectivity index (χ0v) is 62.5. The van der Waals surface area contributed by atoms with Crippen LogP contribution >= 0.6 is 0 Å². The van der Waals surface area contributed by atoms with E-state index >= 15 is 0 Å². The van der Waals surface area contributed by atoms with Crippen molar-refractivity contribution in [2.75, 3.05) is 263 Å². The molecule has 0 aromatic heterocycles. The van der Waals surface area contributed by atoms with Crippen LogP contribution in [0, 0.1) is 0 Å². The summed E-state index contributed by atoms with van der Waals surface area (Å²) in [7, 11) is 0. The van der Waals surface area contributed by atoms with Gasteiger partial charge in [0.05, 0.1) is 159 Å². The molecule has 18 heteroatoms. The van der Waals surface area contributed by atoms with Crippen molar-refractivity contribution in [3.63, 3.8) is 0 Å². The van der Waals surface area contributed by atoms with Crippen molar-refractivity contribution in [2.24, 2.45) is 0 Å². The summed E-state index contributed by atoms with van der Waals surface area (Å²) in [6.07, 6.45) is 26.0. The molecule has 3 heterocycles. The Balaban J connectivity index is 0.619. The normalized spacial score (nSPS) is 20.1. The molecule has 4 aromatic rings. The van der Waals surface area contributed by atoms with Gasteiger partial charge in [0.2, 0.25) is 0 Å². The van der Waals surface area contributed by atoms with Gasteiger partial charge in [0, 0.05) is 91.6 Å². The summed E-state index contributed by atoms with van der Waals surface area (Å²) in [6.45, 7) is 33.1. The highest BCUT2D eigenvalue weighted by molar-refractivity contribution is 5.83. The summed E-state index contributed by atoms with van der Waals surface area (Å²) in [5, 5.41) is 5.11. The van der Waals surface area contributed by atoms with E-state index in [1.807, 2.05) is 0 Å². The highest BCUT2D eigenvalue weighted by atomic mass is 16.5. The summed E-state index contributed by atoms with van der Waals surface area (Å²) in [5.41, 5.74) is 2.62. The summed E-state index contributed by atoms with van der Waals surface area (Å²) in [5.74, 6) is 0. The van der Waals surface area contributed by atoms with E-state index in [4.69, 9.17) is 56.8 Å². The molecule has 568 valence electrons. The molecule has 100 heavy (non-hydrogen) atoms. The minimum Gasteiger partial charge on any atom is -0.378 e. The molecule has 0 spiro atoms. The van der Waals surface area contributed by atoms with Gasteiger partial charge in [-0.1, -0.05) is 176 Å². The molecule has 0 atom stereocenters. The first-order valence-electron chi connectivity index (χ1n) is 40.0. The zero-order valence-electron chi connectivity index (χ0n) is 62.5. The average molecular weight is 1400 g/mol. The van der Waals surface area contributed by atoms with E-state index in [9.17, 15) is 0 Å². The molecule has 0 bridgehead atoms. The summed E-state index contributed by atoms with van der Waals surface area (Å²) < 4.78 is 72.6. The number of hydrogen-bond acceptors (Lipinski definition) is 18. The lowest BCUT2D eigenvalue weighted by atomic mass is 10.1. The maximum atomic E-state index is 6.08. The molecule has 18 nitrogen and oxygen atoms in total. The Morgan fingerprint density at radius 3 is 0.570 bits per heavy atom. The van der Waals surface area contributed by atoms with Crippen molar-refractivity contribution >= 4 is 21.5 Å². The van der Waals surface area contributed by atoms with Crippen molar-refractivity contribution in [1.82, 2.24) is 29.4 Å². The lowest BCUT2D eigenvalue weighted by Crippen LogP contribution is -2.34. The molecule has 4 aromatic carbocycles. The van der Waals surface area contributed by atoms with Gasteiger partial charge in [0.1, 0.15) is 0 Å². The maximum Gasteiger partial charge on any atom is 0.0701 e. The zero-order chi connectivity index (χ0) is 69.2. The topological polar surface area (TPSA) is 130 Å². The van der Waals surface area contributed by atoms with E-state index in [-0.39, 0.29) is 0 Å². The second-order valence-corrected chi connectivity index (χ2v) is 27.7. The van der Waals surface area contributed by atoms with Crippen LogP contribution in [0.1, 0.15) is 140 Å². The predicted octanol–water partition coefficient (Wildman–Crippen LogP) is 12.5. The Hall–Kier alpha value is -3.32. The summed E-state index contributed by atoms with van der Waals surface area (Å²) in [4.78, 5) is 14.9. The summed E-state index contributed by atoms with van der Waals surface area (Å²) in [6, 6.07) is 30.6. The van der Waals surface area contributed by atoms with Crippen molar-refractivity contribution < 1.29 is 56.8 Å². The van der Waals surface area contributed by atoms with Crippen LogP contribution in [0.5, 0.6) is 0 Å². The molecule has 7 rings (SSSR count). The Morgan fingerprint density at radius 2 is 0.360 bits per heavy atom. The van der Waals surface area contributed by atoms with E-state index < -0.39 is 0 Å². The SMILES string of the molecule is c1ccc2cc(CN3CCOCCOCCN(CCCCCCCCCCCCN4CCOCCOCCN(CCCCCCCCCCCCN5CCOCCOCCN(Cc6ccc7ccccc7c6)CCOCCOCC5)CCOCCOCC4)CCOCCOCC3)ccc2c1. The fourth-order valence-electron chi connectivity index (χ4n) is 13.5. The molecule has 0 N–H and O–H groups in total. The molecule has 3 fully saturated rings. The van der Waals surface area contributed by atoms with Crippen LogP contribution in [-0.2, 0) is 69.9 Å². The maximum absolute atomic E-state index is 6.08. The van der Waals surface area contributed by atoms with Crippen LogP contribution in [0.3, 0.4) is 0 Å². The van der Waals surface area contributed by atoms with Crippen LogP contribution in [-0.4, -0.2) is 293 Å². The van der Waals surface area contributed by atoms with Gasteiger partial charge < -0.3 is 56.8 Å². The lowest BCUT2D eigenvalue weighted by Gasteiger charge is -2.24. The van der Waals surface area contributed by atoms with Gasteiger partial charge in [-0.25, -0.2) is 0 Å². The fourth-order valence-corrected chi connectivity index (χ4v) is 13.5. The van der Waals surface area contributed by atoms with Gasteiger partial charge in [-0.2, -0.15) is 0 Å². The fraction of sp³-hybridized carbons (Fsp3) is 0.756. The number of fused-ring (bicyclic) bond motifs is 2. The van der Waals surface area contributed by atoms with Gasteiger partial charge >= 0.3 is 0 Å². The molecule has 3 saturated heterocycles. The first-order chi connectivity index (χ1) is 49.7. The lowest BCUT2D eigenvalue weighted by molar-refractivity contribution is 0.00700. The predicted molar refractivity (Wildman–Crippen MR) is 406 cm³/mol. The van der Waals surface area contributed by atoms with E-state index in [1.54, 1.807) is 0 Å². The smallest absolute Gasteiger partial charge is 0.0701 e. The molecule has 3 aliphatic heterocycles. The number of nitrogens with zero attached hydrogens (tertiary/aromatic N) is 6. The van der Waals surface area contributed by atoms with E-state index in [1.165, 1.54) is 161 Å². The van der Waals surface area contributed by atoms with Crippen molar-refractivity contribution in [2.45, 2.75) is 142 Å². The van der Waals surface area contributed by atoms with Gasteiger partial charge in [-0.15, -0.1) is 0 Å². The quantitative estimate of drug-likeness (QED) is 0.0459. The van der Waals surface area contributed by atoms with Gasteiger partial charge in [0.25, 0.3) is 0 Å². The van der Waals surface area contributed by atoms with E-state index in [2.05, 4.69) is 114 Å². The van der Waals surface area contributed by atoms with Crippen LogP contribution in [0.4, 0.5) is 0 Å². The van der Waals surface area contributed by atoms with Crippen molar-refractivity contribution in [1.29, 1.82) is 0 Å². The number of unbranched alkanes of at least 4 members (excludes halogenated alkanes) is 18. The Morgan fingerprint density at radius 1 is 0.180 bits per heavy atom. The van der Waals surface area contributed by atoms with Crippen LogP contribution in [0.15, 0.2) is 84.9 Å². The third-order valence-electron chi connectivity index (χ3n) is 19.7. The van der Waals surface area contributed by atoms with Crippen molar-refractivity contribution in [3.8, 4) is 0 Å². The Kier molecular flexibility index (Phi) is 49.4. The minimum absolute atomic E-state index is 0.620. The third kappa shape index (κ3) is 42.0. The summed E-state index contributed by atoms with van der Waals surface area (Å²) >= 11 is 0. The second-order valence-electron chi connectivity index (χ2n) is 27.7. The number of hydrogen-bond donors (Lipinski definition) is 0. The minimum atomic E-state index is 0.620. The Labute approximate surface area is 605 Å². The first-order valence-corrected chi connectivity index (χ1v) is 40.0. The molecule has 3 aliphatic rings. The van der Waals surface area contributed by atoms with Gasteiger partial charge in [-0.3, -0.25) is 29.4 Å². The molecule has 0 saturated carbocycles. The number of ether oxygens (including phenoxy) is 12. The molecular formula is C82H138N6O12. The standard InChI is InChI=1S/C82H138N6O12/c1(3-7-11-15-23-35-85-41-53-93-65-69-97-57-45-87(46-58-98-70-66-94-54-42-85)75-77-29-31-79-25-17-19-27-81(79)73-77)5-9-13-21-33-83-37-49-89-61-63-91-51-39-84(40-52-92-64-62-90-50-38-83)34-22-14-10-6-2-4-8-12-16-24-36-86-43-55-95-67-71-99-59-47-88(48-60-100-72-68-96-56-44-86)76-78-30-32-80-26-18-20-28-82(80)74-78/h17-20,25-32,73-74H,1-16,21-24,33-72,75-76H2. The van der Waals surface area contributed by atoms with Crippen LogP contribution in [0.25, 0.3) is 21.5 Å². The largest absolute Gasteiger partial charge is 0.378 e. The molecular weight excluding hydrogens is 1260 g/mol. The van der Waals surface area contributed by atoms with E-state index in [0.717, 1.165) is 171 Å². The monoisotopic (exact) mass is 1400 g/mol. The molecule has 0 radical (unpaired) electrons. The average Bonchev–Trinajstić information content (AvgIpc) is 0.854. The number of benzene rings is 4. The van der Waals surface area contributed by atoms with Gasteiger partial charge in [-0.05, 0) is 96.7 Å². The third-order valence-corrected chi connectivity index (χ3v) is 19.7. The first kappa shape index (κ1) is 83.9. The van der Waals surface area contributed by atoms with Gasteiger partial charge in [0.15, 0.2) is 0 Å². The van der Waals surface area contributed by atoms with Crippen LogP contribution in [0.2, 0.25) is 0 Å². The highest BCUT2D eigenvalue weighted by Crippen LogP contribution is 2.20.